The van der Waals surface area contributed by atoms with Crippen LogP contribution in [0.1, 0.15) is 62.8 Å². The highest BCUT2D eigenvalue weighted by atomic mass is 32.2. The number of aliphatic hydroxyl groups excluding tert-OH is 2. The number of carbonyl (C=O) groups is 1. The van der Waals surface area contributed by atoms with E-state index in [1.165, 1.54) is 25.2 Å². The Kier molecular flexibility index (Phi) is 8.39. The van der Waals surface area contributed by atoms with Crippen LogP contribution in [0.25, 0.3) is 11.3 Å². The highest BCUT2D eigenvalue weighted by Gasteiger charge is 2.35. The van der Waals surface area contributed by atoms with Gasteiger partial charge in [-0.2, -0.15) is 0 Å². The number of halogens is 1. The predicted octanol–water partition coefficient (Wildman–Crippen LogP) is 1.33. The Morgan fingerprint density at radius 2 is 1.94 bits per heavy atom. The molecule has 1 aliphatic rings. The van der Waals surface area contributed by atoms with Crippen molar-refractivity contribution in [1.29, 1.82) is 0 Å². The number of aliphatic hydroxyl groups is 2. The lowest BCUT2D eigenvalue weighted by molar-refractivity contribution is -0.307. The van der Waals surface area contributed by atoms with E-state index in [0.717, 1.165) is 10.6 Å². The number of carboxylic acids is 1. The van der Waals surface area contributed by atoms with Gasteiger partial charge in [-0.15, -0.1) is 0 Å². The van der Waals surface area contributed by atoms with E-state index < -0.39 is 46.4 Å². The van der Waals surface area contributed by atoms with Crippen molar-refractivity contribution in [2.24, 2.45) is 0 Å². The second-order valence-electron chi connectivity index (χ2n) is 8.70. The summed E-state index contributed by atoms with van der Waals surface area (Å²) in [5, 5.41) is 31.7. The van der Waals surface area contributed by atoms with Crippen LogP contribution in [-0.4, -0.2) is 60.1 Å². The second kappa shape index (κ2) is 10.3. The summed E-state index contributed by atoms with van der Waals surface area (Å²) in [5.74, 6) is -2.75. The van der Waals surface area contributed by atoms with Crippen LogP contribution < -0.4 is 9.41 Å². The maximum Gasteiger partial charge on any atom is 0.239 e. The van der Waals surface area contributed by atoms with E-state index in [4.69, 9.17) is 0 Å². The van der Waals surface area contributed by atoms with Crippen molar-refractivity contribution in [3.8, 4) is 11.3 Å². The minimum atomic E-state index is -3.63. The van der Waals surface area contributed by atoms with Gasteiger partial charge in [-0.3, -0.25) is 0 Å². The Bertz CT molecular complexity index is 1170. The van der Waals surface area contributed by atoms with Crippen molar-refractivity contribution >= 4 is 21.9 Å². The number of carboxylic acid groups (broad SMARTS) is 1. The molecule has 0 saturated heterocycles. The Balaban J connectivity index is 0.00000408. The lowest BCUT2D eigenvalue weighted by Crippen LogP contribution is -2.33. The molecule has 1 unspecified atom stereocenters. The van der Waals surface area contributed by atoms with Crippen LogP contribution in [-0.2, 0) is 21.2 Å². The average molecular weight is 497 g/mol. The first-order valence-corrected chi connectivity index (χ1v) is 12.3. The molecule has 0 bridgehead atoms. The van der Waals surface area contributed by atoms with Gasteiger partial charge in [0.05, 0.1) is 29.9 Å². The predicted molar refractivity (Wildman–Crippen MR) is 124 cm³/mol. The number of sulfonamides is 1. The Hall–Kier alpha value is -2.63. The first-order valence-electron chi connectivity index (χ1n) is 10.5. The number of nitrogens with zero attached hydrogens (tertiary/aromatic N) is 3. The summed E-state index contributed by atoms with van der Waals surface area (Å²) < 4.78 is 39.3. The van der Waals surface area contributed by atoms with Crippen LogP contribution in [0.15, 0.2) is 18.2 Å². The monoisotopic (exact) mass is 496 g/mol. The molecule has 2 N–H and O–H groups in total. The molecule has 0 amide bonds. The molecule has 34 heavy (non-hydrogen) atoms. The summed E-state index contributed by atoms with van der Waals surface area (Å²) >= 11 is 0. The summed E-state index contributed by atoms with van der Waals surface area (Å²) in [6, 6.07) is 4.04. The Labute approximate surface area is 199 Å². The van der Waals surface area contributed by atoms with Crippen molar-refractivity contribution in [3.05, 3.63) is 40.8 Å². The number of hydrogen-bond acceptors (Lipinski definition) is 8. The molecule has 188 valence electrons. The fourth-order valence-corrected chi connectivity index (χ4v) is 4.51. The number of benzene rings is 1. The fraction of sp³-hybridized carbons (Fsp3) is 0.522. The zero-order valence-corrected chi connectivity index (χ0v) is 19.6. The summed E-state index contributed by atoms with van der Waals surface area (Å²) in [4.78, 5) is 19.8. The number of fused-ring (bicyclic) bond motifs is 3. The van der Waals surface area contributed by atoms with Crippen LogP contribution >= 0.6 is 0 Å². The Morgan fingerprint density at radius 3 is 2.50 bits per heavy atom. The first kappa shape index (κ1) is 27.6. The SMILES string of the molecule is C.CC(C)c1nc(N(C)S(C)(=O)=O)nc2c1CC([C@@H](O)C[C@@H](O)CC(=O)[O-])c1cc(F)ccc1-2. The molecule has 0 fully saturated rings. The van der Waals surface area contributed by atoms with Gasteiger partial charge in [-0.05, 0) is 36.1 Å². The molecule has 1 aromatic carbocycles. The van der Waals surface area contributed by atoms with Crippen molar-refractivity contribution < 1.29 is 32.9 Å². The third kappa shape index (κ3) is 5.70. The van der Waals surface area contributed by atoms with E-state index in [0.29, 0.717) is 28.1 Å². The van der Waals surface area contributed by atoms with Gasteiger partial charge < -0.3 is 20.1 Å². The smallest absolute Gasteiger partial charge is 0.239 e. The summed E-state index contributed by atoms with van der Waals surface area (Å²) in [7, 11) is -2.28. The van der Waals surface area contributed by atoms with Gasteiger partial charge >= 0.3 is 0 Å². The number of hydrogen-bond donors (Lipinski definition) is 2. The molecular formula is C23H31FN3O6S-. The van der Waals surface area contributed by atoms with E-state index in [1.807, 2.05) is 13.8 Å². The molecule has 1 aromatic heterocycles. The maximum atomic E-state index is 14.2. The average Bonchev–Trinajstić information content (AvgIpc) is 2.69. The minimum absolute atomic E-state index is 0. The van der Waals surface area contributed by atoms with E-state index in [-0.39, 0.29) is 32.1 Å². The van der Waals surface area contributed by atoms with E-state index >= 15 is 0 Å². The number of anilines is 1. The molecule has 2 aromatic rings. The number of rotatable bonds is 8. The van der Waals surface area contributed by atoms with Crippen molar-refractivity contribution in [1.82, 2.24) is 9.97 Å². The topological polar surface area (TPSA) is 144 Å². The van der Waals surface area contributed by atoms with Crippen LogP contribution in [0.2, 0.25) is 0 Å². The molecule has 0 spiro atoms. The highest BCUT2D eigenvalue weighted by molar-refractivity contribution is 7.92. The number of carbonyl (C=O) groups excluding carboxylic acids is 1. The fourth-order valence-electron chi connectivity index (χ4n) is 4.13. The Morgan fingerprint density at radius 1 is 1.29 bits per heavy atom. The van der Waals surface area contributed by atoms with Gasteiger partial charge in [0.1, 0.15) is 5.82 Å². The quantitative estimate of drug-likeness (QED) is 0.557. The highest BCUT2D eigenvalue weighted by Crippen LogP contribution is 2.44. The van der Waals surface area contributed by atoms with Crippen molar-refractivity contribution in [2.75, 3.05) is 17.6 Å². The van der Waals surface area contributed by atoms with Gasteiger partial charge in [0.15, 0.2) is 0 Å². The number of aromatic nitrogens is 2. The molecular weight excluding hydrogens is 465 g/mol. The molecule has 0 radical (unpaired) electrons. The van der Waals surface area contributed by atoms with Crippen LogP contribution in [0.5, 0.6) is 0 Å². The third-order valence-electron chi connectivity index (χ3n) is 5.83. The van der Waals surface area contributed by atoms with Crippen LogP contribution in [0.3, 0.4) is 0 Å². The largest absolute Gasteiger partial charge is 0.550 e. The van der Waals surface area contributed by atoms with Crippen LogP contribution in [0, 0.1) is 5.82 Å². The molecule has 1 heterocycles. The maximum absolute atomic E-state index is 14.2. The normalized spacial score (nSPS) is 16.8. The lowest BCUT2D eigenvalue weighted by atomic mass is 9.75. The van der Waals surface area contributed by atoms with Gasteiger partial charge in [0.25, 0.3) is 0 Å². The number of aliphatic carboxylic acids is 1. The van der Waals surface area contributed by atoms with Crippen molar-refractivity contribution in [2.45, 2.75) is 64.6 Å². The van der Waals surface area contributed by atoms with Crippen LogP contribution in [0.4, 0.5) is 10.3 Å². The van der Waals surface area contributed by atoms with Gasteiger partial charge in [0, 0.05) is 42.9 Å². The summed E-state index contributed by atoms with van der Waals surface area (Å²) in [5.41, 5.74) is 2.69. The molecule has 9 nitrogen and oxygen atoms in total. The second-order valence-corrected chi connectivity index (χ2v) is 10.7. The molecule has 3 atom stereocenters. The molecule has 3 rings (SSSR count). The van der Waals surface area contributed by atoms with E-state index in [2.05, 4.69) is 9.97 Å². The third-order valence-corrected chi connectivity index (χ3v) is 6.98. The summed E-state index contributed by atoms with van der Waals surface area (Å²) in [6.07, 6.45) is -2.12. The zero-order chi connectivity index (χ0) is 24.7. The minimum Gasteiger partial charge on any atom is -0.550 e. The molecule has 0 aliphatic heterocycles. The van der Waals surface area contributed by atoms with Gasteiger partial charge in [-0.1, -0.05) is 21.3 Å². The molecule has 11 heteroatoms. The van der Waals surface area contributed by atoms with Crippen molar-refractivity contribution in [3.63, 3.8) is 0 Å². The standard InChI is InChI=1S/C22H28FN3O6S.CH4/c1-11(2)20-17-10-16(18(28)8-13(27)9-19(29)30)15-7-12(23)5-6-14(15)21(17)25-22(24-20)26(3)33(4,31)32;/h5-7,11,13,16,18,27-28H,8-10H2,1-4H3,(H,29,30);1H4/p-1/t13-,16?,18+;/m1./s1. The molecule has 1 aliphatic carbocycles. The van der Waals surface area contributed by atoms with Gasteiger partial charge in [0.2, 0.25) is 16.0 Å². The molecule has 0 saturated carbocycles. The van der Waals surface area contributed by atoms with E-state index in [9.17, 15) is 32.9 Å². The zero-order valence-electron chi connectivity index (χ0n) is 18.8. The lowest BCUT2D eigenvalue weighted by Gasteiger charge is -2.33. The summed E-state index contributed by atoms with van der Waals surface area (Å²) in [6.45, 7) is 3.78. The van der Waals surface area contributed by atoms with E-state index in [1.54, 1.807) is 0 Å². The first-order chi connectivity index (χ1) is 15.3. The van der Waals surface area contributed by atoms with Gasteiger partial charge in [-0.25, -0.2) is 27.1 Å².